The van der Waals surface area contributed by atoms with E-state index in [1.54, 1.807) is 36.5 Å². The number of ether oxygens (including phenoxy) is 3. The second-order valence-corrected chi connectivity index (χ2v) is 10.7. The molecule has 0 saturated heterocycles. The van der Waals surface area contributed by atoms with Gasteiger partial charge < -0.3 is 31.4 Å². The molecule has 0 bridgehead atoms. The van der Waals surface area contributed by atoms with Crippen LogP contribution < -0.4 is 76.2 Å². The molecule has 0 aliphatic heterocycles. The van der Waals surface area contributed by atoms with Crippen molar-refractivity contribution in [1.29, 1.82) is 0 Å². The number of fused-ring (bicyclic) bond motifs is 1. The van der Waals surface area contributed by atoms with Crippen LogP contribution in [0.3, 0.4) is 0 Å². The zero-order valence-electron chi connectivity index (χ0n) is 25.7. The third kappa shape index (κ3) is 8.51. The summed E-state index contributed by atoms with van der Waals surface area (Å²) in [6.45, 7) is 0.323. The van der Waals surface area contributed by atoms with Crippen molar-refractivity contribution in [2.75, 3.05) is 24.4 Å². The van der Waals surface area contributed by atoms with Crippen molar-refractivity contribution < 1.29 is 90.9 Å². The molecule has 230 valence electrons. The first-order chi connectivity index (χ1) is 21.2. The van der Waals surface area contributed by atoms with Crippen molar-refractivity contribution >= 4 is 51.7 Å². The first kappa shape index (κ1) is 34.6. The van der Waals surface area contributed by atoms with Gasteiger partial charge in [0.25, 0.3) is 0 Å². The number of anilines is 2. The number of carbonyl (C=O) groups excluding carboxylic acids is 2. The molecule has 0 unspecified atom stereocenters. The van der Waals surface area contributed by atoms with Crippen LogP contribution in [0.15, 0.2) is 66.9 Å². The maximum atomic E-state index is 13.2. The number of nitrogens with zero attached hydrogens (tertiary/aromatic N) is 1. The van der Waals surface area contributed by atoms with Crippen LogP contribution >= 0.6 is 11.6 Å². The Morgan fingerprint density at radius 2 is 1.62 bits per heavy atom. The minimum atomic E-state index is -1.22. The van der Waals surface area contributed by atoms with Gasteiger partial charge in [-0.25, -0.2) is 4.39 Å². The van der Waals surface area contributed by atoms with E-state index in [2.05, 4.69) is 15.6 Å². The van der Waals surface area contributed by atoms with E-state index in [9.17, 15) is 18.8 Å². The Hall–Kier alpha value is -3.26. The van der Waals surface area contributed by atoms with Crippen LogP contribution in [0.25, 0.3) is 10.9 Å². The molecule has 1 fully saturated rings. The van der Waals surface area contributed by atoms with Gasteiger partial charge in [-0.2, -0.15) is 0 Å². The third-order valence-electron chi connectivity index (χ3n) is 7.16. The number of carbonyl (C=O) groups is 3. The fraction of sp³-hybridized carbons (Fsp3) is 0.250. The van der Waals surface area contributed by atoms with Crippen molar-refractivity contribution in [2.45, 2.75) is 32.1 Å². The van der Waals surface area contributed by atoms with E-state index in [1.165, 1.54) is 37.4 Å². The smallest absolute Gasteiger partial charge is 1.00 e. The number of pyridine rings is 1. The second-order valence-electron chi connectivity index (χ2n) is 10.3. The Labute approximate surface area is 307 Å². The van der Waals surface area contributed by atoms with Gasteiger partial charge in [-0.1, -0.05) is 11.6 Å². The summed E-state index contributed by atoms with van der Waals surface area (Å²) in [4.78, 5) is 41.1. The van der Waals surface area contributed by atoms with E-state index in [-0.39, 0.29) is 64.3 Å². The molecule has 1 aromatic heterocycles. The molecule has 0 atom stereocenters. The molecule has 1 aliphatic carbocycles. The average Bonchev–Trinajstić information content (AvgIpc) is 3.82. The largest absolute Gasteiger partial charge is 1.00 e. The summed E-state index contributed by atoms with van der Waals surface area (Å²) >= 11 is 6.53. The minimum Gasteiger partial charge on any atom is -1.00 e. The van der Waals surface area contributed by atoms with Crippen LogP contribution in [0.4, 0.5) is 15.8 Å². The van der Waals surface area contributed by atoms with Crippen LogP contribution in [0, 0.1) is 11.2 Å². The van der Waals surface area contributed by atoms with Crippen LogP contribution in [0.1, 0.15) is 33.5 Å². The molecule has 0 radical (unpaired) electrons. The first-order valence-electron chi connectivity index (χ1n) is 13.9. The summed E-state index contributed by atoms with van der Waals surface area (Å²) in [5.74, 6) is -0.494. The molecule has 2 amide bonds. The molecule has 3 aromatic carbocycles. The van der Waals surface area contributed by atoms with E-state index in [4.69, 9.17) is 30.9 Å². The van der Waals surface area contributed by atoms with E-state index in [0.29, 0.717) is 77.6 Å². The Balaban J connectivity index is 0.00000288. The van der Waals surface area contributed by atoms with Crippen molar-refractivity contribution in [3.63, 3.8) is 0 Å². The van der Waals surface area contributed by atoms with Crippen molar-refractivity contribution in [3.05, 3.63) is 77.7 Å². The molecule has 3 N–H and O–H groups in total. The van der Waals surface area contributed by atoms with Gasteiger partial charge in [0.1, 0.15) is 22.7 Å². The number of aliphatic carboxylic acids is 1. The van der Waals surface area contributed by atoms with Crippen molar-refractivity contribution in [2.24, 2.45) is 5.41 Å². The van der Waals surface area contributed by atoms with E-state index < -0.39 is 29.0 Å². The SMILES string of the molecule is COc1cc2c(Oc3ccc(NC(=O)C4(C(=O)Nc5ccc(F)cc5)CC4)cc3Cl)ccnc2cc1OCCCCC(=O)O.[H-].[K+]. The molecule has 1 saturated carbocycles. The van der Waals surface area contributed by atoms with Gasteiger partial charge in [0.2, 0.25) is 11.8 Å². The zero-order chi connectivity index (χ0) is 31.3. The van der Waals surface area contributed by atoms with Crippen LogP contribution in [0.5, 0.6) is 23.0 Å². The number of amides is 2. The number of methoxy groups -OCH3 is 1. The van der Waals surface area contributed by atoms with Gasteiger partial charge in [-0.3, -0.25) is 19.4 Å². The number of carboxylic acids is 1. The molecule has 1 heterocycles. The van der Waals surface area contributed by atoms with Crippen LogP contribution in [-0.4, -0.2) is 41.6 Å². The maximum Gasteiger partial charge on any atom is 1.00 e. The molecule has 13 heteroatoms. The quantitative estimate of drug-likeness (QED) is 0.111. The summed E-state index contributed by atoms with van der Waals surface area (Å²) in [7, 11) is 1.51. The van der Waals surface area contributed by atoms with E-state index in [1.807, 2.05) is 0 Å². The van der Waals surface area contributed by atoms with Crippen molar-refractivity contribution in [3.8, 4) is 23.0 Å². The predicted molar refractivity (Wildman–Crippen MR) is 163 cm³/mol. The normalized spacial score (nSPS) is 12.9. The van der Waals surface area contributed by atoms with Gasteiger partial charge in [0.05, 0.1) is 24.3 Å². The Morgan fingerprint density at radius 3 is 2.27 bits per heavy atom. The number of rotatable bonds is 13. The number of carboxylic acid groups (broad SMARTS) is 1. The Morgan fingerprint density at radius 1 is 0.933 bits per heavy atom. The van der Waals surface area contributed by atoms with Gasteiger partial charge in [0, 0.05) is 35.4 Å². The number of unbranched alkanes of at least 4 members (excludes halogenated alkanes) is 1. The number of hydrogen-bond donors (Lipinski definition) is 3. The topological polar surface area (TPSA) is 136 Å². The molecule has 4 aromatic rings. The number of benzene rings is 3. The Bertz CT molecular complexity index is 1720. The monoisotopic (exact) mass is 661 g/mol. The summed E-state index contributed by atoms with van der Waals surface area (Å²) in [5, 5.41) is 15.1. The van der Waals surface area contributed by atoms with Gasteiger partial charge in [-0.05, 0) is 80.3 Å². The number of aromatic nitrogens is 1. The molecule has 0 spiro atoms. The first-order valence-corrected chi connectivity index (χ1v) is 14.2. The zero-order valence-corrected chi connectivity index (χ0v) is 28.6. The van der Waals surface area contributed by atoms with Gasteiger partial charge >= 0.3 is 57.4 Å². The van der Waals surface area contributed by atoms with Crippen LogP contribution in [0.2, 0.25) is 5.02 Å². The number of nitrogens with one attached hydrogen (secondary N) is 2. The van der Waals surface area contributed by atoms with E-state index in [0.717, 1.165) is 0 Å². The average molecular weight is 662 g/mol. The predicted octanol–water partition coefficient (Wildman–Crippen LogP) is 3.94. The fourth-order valence-corrected chi connectivity index (χ4v) is 4.77. The summed E-state index contributed by atoms with van der Waals surface area (Å²) in [5.41, 5.74) is 0.154. The van der Waals surface area contributed by atoms with Gasteiger partial charge in [-0.15, -0.1) is 0 Å². The van der Waals surface area contributed by atoms with E-state index >= 15 is 0 Å². The van der Waals surface area contributed by atoms with Gasteiger partial charge in [0.15, 0.2) is 11.5 Å². The fourth-order valence-electron chi connectivity index (χ4n) is 4.55. The summed E-state index contributed by atoms with van der Waals surface area (Å²) in [6, 6.07) is 15.2. The number of halogens is 2. The standard InChI is InChI=1S/C32H29ClFN3O7.K.H/c1-42-27-17-22-24(18-28(27)43-15-3-2-4-29(38)39)35-14-11-25(22)44-26-10-9-21(16-23(26)33)37-31(41)32(12-13-32)30(40)36-20-7-5-19(34)6-8-20;;/h5-11,14,16-18H,2-4,12-13,15H2,1H3,(H,36,40)(H,37,41)(H,38,39);;/q;+1;-1. The Kier molecular flexibility index (Phi) is 11.8. The molecule has 45 heavy (non-hydrogen) atoms. The molecule has 5 rings (SSSR count). The second kappa shape index (κ2) is 15.3. The minimum absolute atomic E-state index is 0. The van der Waals surface area contributed by atoms with Crippen LogP contribution in [-0.2, 0) is 14.4 Å². The van der Waals surface area contributed by atoms with Crippen molar-refractivity contribution in [1.82, 2.24) is 4.98 Å². The molecular formula is C32H30ClFKN3O7. The molecular weight excluding hydrogens is 632 g/mol. The maximum absolute atomic E-state index is 13.2. The molecule has 1 aliphatic rings. The molecule has 10 nitrogen and oxygen atoms in total. The number of hydrogen-bond acceptors (Lipinski definition) is 7. The summed E-state index contributed by atoms with van der Waals surface area (Å²) in [6.07, 6.45) is 3.50. The summed E-state index contributed by atoms with van der Waals surface area (Å²) < 4.78 is 30.6. The third-order valence-corrected chi connectivity index (χ3v) is 7.46.